The molecule has 0 aromatic heterocycles. The van der Waals surface area contributed by atoms with Crippen molar-refractivity contribution in [2.45, 2.75) is 71.1 Å². The molecule has 0 amide bonds. The molecule has 56 heavy (non-hydrogen) atoms. The molecule has 10 rings (SSSR count). The lowest BCUT2D eigenvalue weighted by Gasteiger charge is -2.44. The van der Waals surface area contributed by atoms with Crippen LogP contribution in [0, 0.1) is 0 Å². The topological polar surface area (TPSA) is 3.24 Å². The first-order valence-electron chi connectivity index (χ1n) is 20.2. The Morgan fingerprint density at radius 2 is 1.05 bits per heavy atom. The lowest BCUT2D eigenvalue weighted by molar-refractivity contribution is 0.590. The van der Waals surface area contributed by atoms with Crippen molar-refractivity contribution in [2.24, 2.45) is 0 Å². The van der Waals surface area contributed by atoms with Crippen LogP contribution in [0.2, 0.25) is 0 Å². The summed E-state index contributed by atoms with van der Waals surface area (Å²) in [5.41, 5.74) is 18.4. The van der Waals surface area contributed by atoms with Gasteiger partial charge in [-0.15, -0.1) is 0 Å². The van der Waals surface area contributed by atoms with E-state index >= 15 is 0 Å². The number of anilines is 3. The molecule has 0 fully saturated rings. The molecule has 0 saturated heterocycles. The molecule has 0 aliphatic heterocycles. The van der Waals surface area contributed by atoms with Crippen molar-refractivity contribution in [1.29, 1.82) is 0 Å². The lowest BCUT2D eigenvalue weighted by Crippen LogP contribution is -2.32. The van der Waals surface area contributed by atoms with Gasteiger partial charge in [-0.1, -0.05) is 176 Å². The van der Waals surface area contributed by atoms with E-state index in [1.165, 1.54) is 99.8 Å². The van der Waals surface area contributed by atoms with E-state index in [1.54, 1.807) is 0 Å². The molecule has 274 valence electrons. The van der Waals surface area contributed by atoms with Gasteiger partial charge in [0.1, 0.15) is 0 Å². The van der Waals surface area contributed by atoms with Crippen molar-refractivity contribution < 1.29 is 0 Å². The number of benzene rings is 8. The van der Waals surface area contributed by atoms with Crippen LogP contribution in [0.15, 0.2) is 158 Å². The molecule has 0 saturated carbocycles. The molecule has 0 unspecified atom stereocenters. The fourth-order valence-corrected chi connectivity index (χ4v) is 10.4. The predicted molar refractivity (Wildman–Crippen MR) is 239 cm³/mol. The minimum absolute atomic E-state index is 0.0517. The normalized spacial score (nSPS) is 14.9. The summed E-state index contributed by atoms with van der Waals surface area (Å²) in [7, 11) is 0. The van der Waals surface area contributed by atoms with Gasteiger partial charge < -0.3 is 4.90 Å². The summed E-state index contributed by atoms with van der Waals surface area (Å²) < 4.78 is 0. The van der Waals surface area contributed by atoms with Gasteiger partial charge in [-0.05, 0) is 125 Å². The van der Waals surface area contributed by atoms with E-state index in [2.05, 4.69) is 211 Å². The van der Waals surface area contributed by atoms with Gasteiger partial charge in [0.15, 0.2) is 0 Å². The molecule has 2 aliphatic carbocycles. The van der Waals surface area contributed by atoms with Gasteiger partial charge in [0.2, 0.25) is 0 Å². The molecular weight excluding hydrogens is 675 g/mol. The van der Waals surface area contributed by atoms with Crippen molar-refractivity contribution in [1.82, 2.24) is 0 Å². The van der Waals surface area contributed by atoms with Gasteiger partial charge in [0, 0.05) is 22.2 Å². The summed E-state index contributed by atoms with van der Waals surface area (Å²) in [4.78, 5) is 2.61. The maximum atomic E-state index is 2.61. The second-order valence-corrected chi connectivity index (χ2v) is 18.1. The van der Waals surface area contributed by atoms with Crippen LogP contribution in [-0.4, -0.2) is 0 Å². The van der Waals surface area contributed by atoms with E-state index in [-0.39, 0.29) is 16.2 Å². The Kier molecular flexibility index (Phi) is 7.59. The minimum atomic E-state index is -0.306. The van der Waals surface area contributed by atoms with Crippen LogP contribution < -0.4 is 4.90 Å². The van der Waals surface area contributed by atoms with E-state index in [1.807, 2.05) is 0 Å². The first-order chi connectivity index (χ1) is 27.0. The van der Waals surface area contributed by atoms with Gasteiger partial charge >= 0.3 is 0 Å². The van der Waals surface area contributed by atoms with Gasteiger partial charge in [0.25, 0.3) is 0 Å². The molecular formula is C55H49N. The Labute approximate surface area is 332 Å². The summed E-state index contributed by atoms with van der Waals surface area (Å²) in [5.74, 6) is 0. The number of nitrogens with zero attached hydrogens (tertiary/aromatic N) is 1. The summed E-state index contributed by atoms with van der Waals surface area (Å²) in [5, 5.41) is 5.19. The fourth-order valence-electron chi connectivity index (χ4n) is 10.4. The maximum Gasteiger partial charge on any atom is 0.0552 e. The Balaban J connectivity index is 1.44. The lowest BCUT2D eigenvalue weighted by atomic mass is 9.64. The third-order valence-electron chi connectivity index (χ3n) is 13.0. The molecule has 0 atom stereocenters. The quantitative estimate of drug-likeness (QED) is 0.163. The van der Waals surface area contributed by atoms with Crippen LogP contribution in [0.3, 0.4) is 0 Å². The largest absolute Gasteiger partial charge is 0.310 e. The van der Waals surface area contributed by atoms with E-state index < -0.39 is 0 Å². The van der Waals surface area contributed by atoms with Crippen LogP contribution in [0.25, 0.3) is 43.8 Å². The minimum Gasteiger partial charge on any atom is -0.310 e. The molecule has 0 bridgehead atoms. The van der Waals surface area contributed by atoms with E-state index in [4.69, 9.17) is 0 Å². The van der Waals surface area contributed by atoms with E-state index in [0.29, 0.717) is 0 Å². The van der Waals surface area contributed by atoms with Gasteiger partial charge in [-0.25, -0.2) is 0 Å². The van der Waals surface area contributed by atoms with Crippen LogP contribution in [0.1, 0.15) is 87.4 Å². The molecule has 1 heteroatoms. The average molecular weight is 724 g/mol. The third-order valence-corrected chi connectivity index (χ3v) is 13.0. The van der Waals surface area contributed by atoms with Gasteiger partial charge in [0.05, 0.1) is 5.69 Å². The average Bonchev–Trinajstić information content (AvgIpc) is 3.44. The zero-order valence-electron chi connectivity index (χ0n) is 33.7. The summed E-state index contributed by atoms with van der Waals surface area (Å²) in [6.07, 6.45) is 0.861. The zero-order valence-corrected chi connectivity index (χ0v) is 33.7. The highest BCUT2D eigenvalue weighted by Gasteiger charge is 2.47. The molecule has 0 radical (unpaired) electrons. The Morgan fingerprint density at radius 3 is 1.79 bits per heavy atom. The number of hydrogen-bond donors (Lipinski definition) is 0. The van der Waals surface area contributed by atoms with Crippen molar-refractivity contribution in [2.75, 3.05) is 4.90 Å². The van der Waals surface area contributed by atoms with E-state index in [9.17, 15) is 0 Å². The highest BCUT2D eigenvalue weighted by atomic mass is 15.2. The number of hydrogen-bond acceptors (Lipinski definition) is 1. The molecule has 0 N–H and O–H groups in total. The molecule has 8 aromatic carbocycles. The highest BCUT2D eigenvalue weighted by molar-refractivity contribution is 6.16. The molecule has 2 aliphatic rings. The SMILES string of the molecule is CC(C)(C)c1ccc(N(c2ccccc2)c2c3c(c(-c4cc5ccccc5c5ccccc45)c4c2C(C)(C)c2ccccc2-4)Cc2ccccc2C3(C)C)cc1. The number of rotatable bonds is 4. The van der Waals surface area contributed by atoms with Crippen molar-refractivity contribution in [3.8, 4) is 22.3 Å². The summed E-state index contributed by atoms with van der Waals surface area (Å²) in [6.45, 7) is 16.8. The van der Waals surface area contributed by atoms with Crippen LogP contribution >= 0.6 is 0 Å². The first-order valence-corrected chi connectivity index (χ1v) is 20.2. The van der Waals surface area contributed by atoms with Crippen molar-refractivity contribution >= 4 is 38.6 Å². The molecule has 0 heterocycles. The Bertz CT molecular complexity index is 2850. The standard InChI is InChI=1S/C55H49N/c1-53(2,3)37-29-31-39(32-30-37)56(38-21-9-8-10-22-38)52-50-45(34-36-20-12-17-27-46(36)54(50,4)5)48(49-43-26-16-18-28-47(43)55(6,7)51(49)52)44-33-35-19-11-13-23-40(35)41-24-14-15-25-42(41)44/h8-33H,34H2,1-7H3. The molecule has 0 spiro atoms. The fraction of sp³-hybridized carbons (Fsp3) is 0.200. The summed E-state index contributed by atoms with van der Waals surface area (Å²) in [6, 6.07) is 59.5. The Hall–Kier alpha value is -5.92. The zero-order chi connectivity index (χ0) is 38.6. The predicted octanol–water partition coefficient (Wildman–Crippen LogP) is 15.0. The smallest absolute Gasteiger partial charge is 0.0552 e. The number of fused-ring (bicyclic) bond motifs is 8. The van der Waals surface area contributed by atoms with E-state index in [0.717, 1.165) is 6.42 Å². The summed E-state index contributed by atoms with van der Waals surface area (Å²) >= 11 is 0. The molecule has 8 aromatic rings. The number of para-hydroxylation sites is 1. The molecule has 1 nitrogen and oxygen atoms in total. The second-order valence-electron chi connectivity index (χ2n) is 18.1. The highest BCUT2D eigenvalue weighted by Crippen LogP contribution is 2.63. The van der Waals surface area contributed by atoms with Crippen LogP contribution in [-0.2, 0) is 22.7 Å². The monoisotopic (exact) mass is 723 g/mol. The van der Waals surface area contributed by atoms with Crippen molar-refractivity contribution in [3.05, 3.63) is 197 Å². The van der Waals surface area contributed by atoms with Gasteiger partial charge in [-0.2, -0.15) is 0 Å². The van der Waals surface area contributed by atoms with Gasteiger partial charge in [-0.3, -0.25) is 0 Å². The van der Waals surface area contributed by atoms with Crippen molar-refractivity contribution in [3.63, 3.8) is 0 Å². The van der Waals surface area contributed by atoms with Crippen LogP contribution in [0.5, 0.6) is 0 Å². The maximum absolute atomic E-state index is 2.61. The third kappa shape index (κ3) is 4.99. The van der Waals surface area contributed by atoms with Crippen LogP contribution in [0.4, 0.5) is 17.1 Å². The first kappa shape index (κ1) is 34.6. The second kappa shape index (κ2) is 12.3. The Morgan fingerprint density at radius 1 is 0.482 bits per heavy atom.